The summed E-state index contributed by atoms with van der Waals surface area (Å²) in [5, 5.41) is 3.91. The quantitative estimate of drug-likeness (QED) is 0.351. The summed E-state index contributed by atoms with van der Waals surface area (Å²) in [6.07, 6.45) is 4.33. The number of amides is 1. The minimum atomic E-state index is -0.106. The first-order chi connectivity index (χ1) is 16.3. The molecule has 0 aliphatic heterocycles. The van der Waals surface area contributed by atoms with Crippen LogP contribution in [0.4, 0.5) is 0 Å². The molecule has 1 aromatic heterocycles. The van der Waals surface area contributed by atoms with Gasteiger partial charge < -0.3 is 23.9 Å². The molecular weight excluding hydrogens is 430 g/mol. The zero-order chi connectivity index (χ0) is 24.8. The minimum absolute atomic E-state index is 0.106. The van der Waals surface area contributed by atoms with E-state index in [1.54, 1.807) is 26.6 Å². The second-order valence-electron chi connectivity index (χ2n) is 8.71. The molecule has 2 aromatic carbocycles. The summed E-state index contributed by atoms with van der Waals surface area (Å²) < 4.78 is 22.9. The summed E-state index contributed by atoms with van der Waals surface area (Å²) in [6.45, 7) is 11.3. The van der Waals surface area contributed by atoms with Gasteiger partial charge in [0.05, 0.1) is 27.1 Å². The van der Waals surface area contributed by atoms with E-state index in [4.69, 9.17) is 18.6 Å². The summed E-state index contributed by atoms with van der Waals surface area (Å²) in [6, 6.07) is 7.82. The molecule has 0 saturated carbocycles. The van der Waals surface area contributed by atoms with Crippen molar-refractivity contribution in [3.63, 3.8) is 0 Å². The van der Waals surface area contributed by atoms with Gasteiger partial charge in [0, 0.05) is 34.7 Å². The first kappa shape index (κ1) is 25.2. The molecule has 0 radical (unpaired) electrons. The maximum atomic E-state index is 12.5. The van der Waals surface area contributed by atoms with Crippen LogP contribution >= 0.6 is 0 Å². The Bertz CT molecular complexity index is 1190. The number of carbonyl (C=O) groups excluding carboxylic acids is 1. The highest BCUT2D eigenvalue weighted by molar-refractivity contribution is 6.01. The van der Waals surface area contributed by atoms with Crippen molar-refractivity contribution in [2.45, 2.75) is 41.0 Å². The van der Waals surface area contributed by atoms with Gasteiger partial charge in [-0.25, -0.2) is 0 Å². The van der Waals surface area contributed by atoms with Gasteiger partial charge in [-0.3, -0.25) is 4.79 Å². The lowest BCUT2D eigenvalue weighted by molar-refractivity contribution is -0.116. The zero-order valence-electron chi connectivity index (χ0n) is 21.2. The molecule has 0 aliphatic carbocycles. The number of rotatable bonds is 10. The Morgan fingerprint density at radius 3 is 2.53 bits per heavy atom. The van der Waals surface area contributed by atoms with E-state index in [-0.39, 0.29) is 5.91 Å². The fourth-order valence-electron chi connectivity index (χ4n) is 3.98. The van der Waals surface area contributed by atoms with Crippen molar-refractivity contribution in [2.75, 3.05) is 27.4 Å². The van der Waals surface area contributed by atoms with Crippen LogP contribution in [0.3, 0.4) is 0 Å². The zero-order valence-corrected chi connectivity index (χ0v) is 21.2. The summed E-state index contributed by atoms with van der Waals surface area (Å²) in [7, 11) is 3.23. The number of benzene rings is 2. The Morgan fingerprint density at radius 2 is 1.88 bits per heavy atom. The minimum Gasteiger partial charge on any atom is -0.493 e. The summed E-state index contributed by atoms with van der Waals surface area (Å²) in [4.78, 5) is 12.5. The van der Waals surface area contributed by atoms with Gasteiger partial charge in [0.1, 0.15) is 11.3 Å². The standard InChI is InChI=1S/C28H35NO5/c1-8-33-27-19(5)28-22(15-21(27)18(4)13-26(30)29-12-11-17(2)3)23(16-34-28)20-9-10-24(31-6)25(14-20)32-7/h9-10,13-17H,8,11-12H2,1-7H3,(H,29,30)/b18-13+. The summed E-state index contributed by atoms with van der Waals surface area (Å²) >= 11 is 0. The van der Waals surface area contributed by atoms with E-state index in [9.17, 15) is 4.79 Å². The first-order valence-electron chi connectivity index (χ1n) is 11.7. The van der Waals surface area contributed by atoms with Crippen LogP contribution in [-0.2, 0) is 4.79 Å². The molecule has 1 amide bonds. The lowest BCUT2D eigenvalue weighted by atomic mass is 9.96. The van der Waals surface area contributed by atoms with Gasteiger partial charge in [-0.15, -0.1) is 0 Å². The maximum Gasteiger partial charge on any atom is 0.244 e. The molecule has 182 valence electrons. The van der Waals surface area contributed by atoms with E-state index in [1.807, 2.05) is 45.0 Å². The number of hydrogen-bond donors (Lipinski definition) is 1. The fourth-order valence-corrected chi connectivity index (χ4v) is 3.98. The molecule has 0 atom stereocenters. The molecule has 6 heteroatoms. The Hall–Kier alpha value is -3.41. The average Bonchev–Trinajstić information content (AvgIpc) is 3.24. The molecule has 0 spiro atoms. The summed E-state index contributed by atoms with van der Waals surface area (Å²) in [5.74, 6) is 2.47. The van der Waals surface area contributed by atoms with Crippen molar-refractivity contribution in [2.24, 2.45) is 5.92 Å². The van der Waals surface area contributed by atoms with Crippen LogP contribution in [0, 0.1) is 12.8 Å². The number of carbonyl (C=O) groups is 1. The van der Waals surface area contributed by atoms with Gasteiger partial charge in [-0.2, -0.15) is 0 Å². The Labute approximate surface area is 201 Å². The fraction of sp³-hybridized carbons (Fsp3) is 0.393. The lowest BCUT2D eigenvalue weighted by Crippen LogP contribution is -2.23. The lowest BCUT2D eigenvalue weighted by Gasteiger charge is -2.15. The van der Waals surface area contributed by atoms with Crippen molar-refractivity contribution in [1.29, 1.82) is 0 Å². The number of nitrogens with one attached hydrogen (secondary N) is 1. The predicted octanol–water partition coefficient (Wildman–Crippen LogP) is 6.39. The van der Waals surface area contributed by atoms with Crippen molar-refractivity contribution < 1.29 is 23.4 Å². The van der Waals surface area contributed by atoms with Crippen molar-refractivity contribution in [3.05, 3.63) is 47.7 Å². The van der Waals surface area contributed by atoms with Crippen LogP contribution < -0.4 is 19.5 Å². The maximum absolute atomic E-state index is 12.5. The third-order valence-corrected chi connectivity index (χ3v) is 5.82. The molecule has 6 nitrogen and oxygen atoms in total. The SMILES string of the molecule is CCOc1c(/C(C)=C/C(=O)NCCC(C)C)cc2c(-c3ccc(OC)c(OC)c3)coc2c1C. The van der Waals surface area contributed by atoms with Gasteiger partial charge in [0.2, 0.25) is 5.91 Å². The van der Waals surface area contributed by atoms with Gasteiger partial charge in [0.15, 0.2) is 11.5 Å². The van der Waals surface area contributed by atoms with Gasteiger partial charge >= 0.3 is 0 Å². The molecule has 3 aromatic rings. The second kappa shape index (κ2) is 11.1. The molecule has 1 N–H and O–H groups in total. The Kier molecular flexibility index (Phi) is 8.26. The average molecular weight is 466 g/mol. The topological polar surface area (TPSA) is 69.9 Å². The molecule has 0 bridgehead atoms. The number of methoxy groups -OCH3 is 2. The number of hydrogen-bond acceptors (Lipinski definition) is 5. The molecular formula is C28H35NO5. The van der Waals surface area contributed by atoms with Gasteiger partial charge in [-0.1, -0.05) is 19.9 Å². The molecule has 3 rings (SSSR count). The molecule has 0 fully saturated rings. The monoisotopic (exact) mass is 465 g/mol. The number of allylic oxidation sites excluding steroid dienone is 1. The third-order valence-electron chi connectivity index (χ3n) is 5.82. The van der Waals surface area contributed by atoms with Crippen molar-refractivity contribution in [3.8, 4) is 28.4 Å². The van der Waals surface area contributed by atoms with Crippen LogP contribution in [0.15, 0.2) is 41.0 Å². The van der Waals surface area contributed by atoms with E-state index in [0.717, 1.165) is 51.0 Å². The number of furan rings is 1. The van der Waals surface area contributed by atoms with E-state index in [0.29, 0.717) is 30.6 Å². The normalized spacial score (nSPS) is 11.7. The smallest absolute Gasteiger partial charge is 0.244 e. The number of fused-ring (bicyclic) bond motifs is 1. The Balaban J connectivity index is 2.09. The van der Waals surface area contributed by atoms with E-state index >= 15 is 0 Å². The van der Waals surface area contributed by atoms with Crippen LogP contribution in [0.25, 0.3) is 27.7 Å². The van der Waals surface area contributed by atoms with Gasteiger partial charge in [0.25, 0.3) is 0 Å². The summed E-state index contributed by atoms with van der Waals surface area (Å²) in [5.41, 5.74) is 5.22. The highest BCUT2D eigenvalue weighted by atomic mass is 16.5. The Morgan fingerprint density at radius 1 is 1.15 bits per heavy atom. The number of ether oxygens (including phenoxy) is 3. The van der Waals surface area contributed by atoms with Gasteiger partial charge in [-0.05, 0) is 62.4 Å². The predicted molar refractivity (Wildman–Crippen MR) is 137 cm³/mol. The molecule has 34 heavy (non-hydrogen) atoms. The number of aryl methyl sites for hydroxylation is 1. The highest BCUT2D eigenvalue weighted by Crippen LogP contribution is 2.42. The van der Waals surface area contributed by atoms with Crippen molar-refractivity contribution in [1.82, 2.24) is 5.32 Å². The van der Waals surface area contributed by atoms with E-state index in [2.05, 4.69) is 19.2 Å². The van der Waals surface area contributed by atoms with Crippen LogP contribution in [0.2, 0.25) is 0 Å². The van der Waals surface area contributed by atoms with Crippen molar-refractivity contribution >= 4 is 22.4 Å². The molecule has 0 unspecified atom stereocenters. The first-order valence-corrected chi connectivity index (χ1v) is 11.7. The van der Waals surface area contributed by atoms with Crippen LogP contribution in [0.5, 0.6) is 17.2 Å². The molecule has 0 saturated heterocycles. The second-order valence-corrected chi connectivity index (χ2v) is 8.71. The molecule has 1 heterocycles. The largest absolute Gasteiger partial charge is 0.493 e. The molecule has 0 aliphatic rings. The van der Waals surface area contributed by atoms with Crippen LogP contribution in [-0.4, -0.2) is 33.3 Å². The van der Waals surface area contributed by atoms with E-state index < -0.39 is 0 Å². The van der Waals surface area contributed by atoms with Crippen LogP contribution in [0.1, 0.15) is 45.2 Å². The van der Waals surface area contributed by atoms with E-state index in [1.165, 1.54) is 0 Å². The highest BCUT2D eigenvalue weighted by Gasteiger charge is 2.20. The third kappa shape index (κ3) is 5.38.